The van der Waals surface area contributed by atoms with Crippen LogP contribution in [0.1, 0.15) is 18.6 Å². The fraction of sp³-hybridized carbons (Fsp3) is 0.333. The Morgan fingerprint density at radius 3 is 2.59 bits per heavy atom. The van der Waals surface area contributed by atoms with E-state index in [9.17, 15) is 19.8 Å². The molecule has 1 aliphatic heterocycles. The van der Waals surface area contributed by atoms with E-state index in [2.05, 4.69) is 0 Å². The van der Waals surface area contributed by atoms with Gasteiger partial charge in [-0.1, -0.05) is 0 Å². The number of carbonyl (C=O) groups excluding carboxylic acids is 1. The van der Waals surface area contributed by atoms with Gasteiger partial charge in [-0.05, 0) is 19.1 Å². The molecule has 1 fully saturated rings. The molecule has 2 N–H and O–H groups in total. The maximum absolute atomic E-state index is 11.7. The highest BCUT2D eigenvalue weighted by molar-refractivity contribution is 5.84. The molecule has 1 saturated heterocycles. The smallest absolute Gasteiger partial charge is 0.341 e. The van der Waals surface area contributed by atoms with Gasteiger partial charge in [0.15, 0.2) is 11.7 Å². The van der Waals surface area contributed by atoms with Crippen molar-refractivity contribution < 1.29 is 28.9 Å². The van der Waals surface area contributed by atoms with Crippen LogP contribution in [0, 0.1) is 0 Å². The first-order chi connectivity index (χ1) is 10.3. The Morgan fingerprint density at radius 2 is 2.00 bits per heavy atom. The van der Waals surface area contributed by atoms with Crippen molar-refractivity contribution in [2.24, 2.45) is 0 Å². The third-order valence-electron chi connectivity index (χ3n) is 3.79. The Kier molecular flexibility index (Phi) is 3.19. The van der Waals surface area contributed by atoms with Gasteiger partial charge in [-0.3, -0.25) is 0 Å². The van der Waals surface area contributed by atoms with Crippen molar-refractivity contribution in [3.05, 3.63) is 40.2 Å². The molecule has 1 aromatic carbocycles. The van der Waals surface area contributed by atoms with Gasteiger partial charge in [0.25, 0.3) is 0 Å². The summed E-state index contributed by atoms with van der Waals surface area (Å²) < 4.78 is 15.3. The molecule has 0 spiro atoms. The number of hydrogen-bond donors (Lipinski definition) is 2. The van der Waals surface area contributed by atoms with Crippen LogP contribution >= 0.6 is 0 Å². The molecule has 3 rings (SSSR count). The number of fused-ring (bicyclic) bond motifs is 1. The Morgan fingerprint density at radius 1 is 1.27 bits per heavy atom. The number of benzene rings is 1. The van der Waals surface area contributed by atoms with Gasteiger partial charge in [0, 0.05) is 23.1 Å². The first-order valence-corrected chi connectivity index (χ1v) is 6.58. The van der Waals surface area contributed by atoms with E-state index in [0.29, 0.717) is 16.5 Å². The summed E-state index contributed by atoms with van der Waals surface area (Å²) in [4.78, 5) is 22.9. The van der Waals surface area contributed by atoms with Crippen LogP contribution in [0.2, 0.25) is 0 Å². The van der Waals surface area contributed by atoms with Crippen molar-refractivity contribution in [1.82, 2.24) is 0 Å². The lowest BCUT2D eigenvalue weighted by Crippen LogP contribution is -2.41. The van der Waals surface area contributed by atoms with Crippen LogP contribution in [-0.4, -0.2) is 35.0 Å². The molecule has 116 valence electrons. The van der Waals surface area contributed by atoms with E-state index in [0.717, 1.165) is 0 Å². The standard InChI is InChI=1S/C15H14O7/c1-15(19)13(17)12(22-14(15)18)8-5-7-3-4-11(16)21-9(7)6-10(8)20-2/h3-6,12-13,17,19H,1-2H3/t12-,13+,15-/m1/s1. The molecule has 3 atom stereocenters. The van der Waals surface area contributed by atoms with E-state index in [1.807, 2.05) is 0 Å². The normalized spacial score (nSPS) is 27.9. The molecule has 22 heavy (non-hydrogen) atoms. The van der Waals surface area contributed by atoms with Crippen molar-refractivity contribution >= 4 is 16.9 Å². The minimum atomic E-state index is -1.99. The highest BCUT2D eigenvalue weighted by Gasteiger charge is 2.54. The Hall–Kier alpha value is -2.38. The minimum Gasteiger partial charge on any atom is -0.496 e. The fourth-order valence-electron chi connectivity index (χ4n) is 2.46. The fourth-order valence-corrected chi connectivity index (χ4v) is 2.46. The van der Waals surface area contributed by atoms with Crippen LogP contribution in [0.5, 0.6) is 5.75 Å². The summed E-state index contributed by atoms with van der Waals surface area (Å²) in [5.74, 6) is -0.636. The summed E-state index contributed by atoms with van der Waals surface area (Å²) >= 11 is 0. The molecular weight excluding hydrogens is 292 g/mol. The predicted octanol–water partition coefficient (Wildman–Crippen LogP) is 0.511. The lowest BCUT2D eigenvalue weighted by Gasteiger charge is -2.20. The average Bonchev–Trinajstić information content (AvgIpc) is 2.69. The van der Waals surface area contributed by atoms with E-state index in [-0.39, 0.29) is 5.75 Å². The zero-order valence-electron chi connectivity index (χ0n) is 11.9. The van der Waals surface area contributed by atoms with Crippen molar-refractivity contribution in [1.29, 1.82) is 0 Å². The number of aliphatic hydroxyl groups excluding tert-OH is 1. The maximum Gasteiger partial charge on any atom is 0.341 e. The van der Waals surface area contributed by atoms with Crippen LogP contribution in [0.15, 0.2) is 33.5 Å². The third-order valence-corrected chi connectivity index (χ3v) is 3.79. The first kappa shape index (κ1) is 14.6. The van der Waals surface area contributed by atoms with Gasteiger partial charge in [-0.2, -0.15) is 0 Å². The van der Waals surface area contributed by atoms with E-state index < -0.39 is 29.4 Å². The van der Waals surface area contributed by atoms with E-state index in [1.165, 1.54) is 26.2 Å². The van der Waals surface area contributed by atoms with Gasteiger partial charge in [-0.25, -0.2) is 9.59 Å². The van der Waals surface area contributed by atoms with E-state index >= 15 is 0 Å². The van der Waals surface area contributed by atoms with Crippen LogP contribution in [-0.2, 0) is 9.53 Å². The molecule has 2 heterocycles. The molecule has 0 amide bonds. The van der Waals surface area contributed by atoms with Crippen molar-refractivity contribution in [3.8, 4) is 5.75 Å². The van der Waals surface area contributed by atoms with Gasteiger partial charge in [0.2, 0.25) is 0 Å². The number of rotatable bonds is 2. The number of esters is 1. The topological polar surface area (TPSA) is 106 Å². The number of methoxy groups -OCH3 is 1. The van der Waals surface area contributed by atoms with Crippen molar-refractivity contribution in [3.63, 3.8) is 0 Å². The number of ether oxygens (including phenoxy) is 2. The summed E-state index contributed by atoms with van der Waals surface area (Å²) in [6.07, 6.45) is -2.52. The zero-order chi connectivity index (χ0) is 16.1. The average molecular weight is 306 g/mol. The number of carbonyl (C=O) groups is 1. The first-order valence-electron chi connectivity index (χ1n) is 6.58. The van der Waals surface area contributed by atoms with Gasteiger partial charge in [0.1, 0.15) is 17.4 Å². The summed E-state index contributed by atoms with van der Waals surface area (Å²) in [6.45, 7) is 1.19. The van der Waals surface area contributed by atoms with E-state index in [1.54, 1.807) is 12.1 Å². The van der Waals surface area contributed by atoms with Crippen LogP contribution in [0.25, 0.3) is 11.0 Å². The molecule has 0 unspecified atom stereocenters. The predicted molar refractivity (Wildman–Crippen MR) is 74.5 cm³/mol. The summed E-state index contributed by atoms with van der Waals surface area (Å²) in [6, 6.07) is 5.86. The molecule has 1 aromatic heterocycles. The molecule has 2 aromatic rings. The quantitative estimate of drug-likeness (QED) is 0.615. The second-order valence-corrected chi connectivity index (χ2v) is 5.30. The molecule has 0 aliphatic carbocycles. The summed E-state index contributed by atoms with van der Waals surface area (Å²) in [5, 5.41) is 20.7. The largest absolute Gasteiger partial charge is 0.496 e. The van der Waals surface area contributed by atoms with Crippen LogP contribution in [0.3, 0.4) is 0 Å². The third kappa shape index (κ3) is 2.06. The Balaban J connectivity index is 2.16. The Bertz CT molecular complexity index is 805. The molecule has 0 bridgehead atoms. The SMILES string of the molecule is COc1cc2oc(=O)ccc2cc1[C@H]1OC(=O)[C@](C)(O)[C@H]1O. The zero-order valence-corrected chi connectivity index (χ0v) is 11.9. The maximum atomic E-state index is 11.7. The number of aliphatic hydroxyl groups is 2. The van der Waals surface area contributed by atoms with Gasteiger partial charge >= 0.3 is 11.6 Å². The second kappa shape index (κ2) is 4.82. The highest BCUT2D eigenvalue weighted by Crippen LogP contribution is 2.41. The summed E-state index contributed by atoms with van der Waals surface area (Å²) in [5.41, 5.74) is -1.81. The van der Waals surface area contributed by atoms with E-state index in [4.69, 9.17) is 13.9 Å². The second-order valence-electron chi connectivity index (χ2n) is 5.30. The molecule has 0 saturated carbocycles. The van der Waals surface area contributed by atoms with Gasteiger partial charge in [-0.15, -0.1) is 0 Å². The monoisotopic (exact) mass is 306 g/mol. The molecular formula is C15H14O7. The van der Waals surface area contributed by atoms with Crippen molar-refractivity contribution in [2.75, 3.05) is 7.11 Å². The number of hydrogen-bond acceptors (Lipinski definition) is 7. The molecule has 0 radical (unpaired) electrons. The number of cyclic esters (lactones) is 1. The lowest BCUT2D eigenvalue weighted by atomic mass is 9.93. The van der Waals surface area contributed by atoms with Crippen LogP contribution in [0.4, 0.5) is 0 Å². The molecule has 7 nitrogen and oxygen atoms in total. The minimum absolute atomic E-state index is 0.274. The van der Waals surface area contributed by atoms with Crippen LogP contribution < -0.4 is 10.4 Å². The molecule has 1 aliphatic rings. The summed E-state index contributed by atoms with van der Waals surface area (Å²) in [7, 11) is 1.40. The molecule has 7 heteroatoms. The van der Waals surface area contributed by atoms with Gasteiger partial charge in [0.05, 0.1) is 7.11 Å². The van der Waals surface area contributed by atoms with Crippen molar-refractivity contribution in [2.45, 2.75) is 24.7 Å². The highest BCUT2D eigenvalue weighted by atomic mass is 16.6. The Labute approximate surface area is 124 Å². The lowest BCUT2D eigenvalue weighted by molar-refractivity contribution is -0.155. The van der Waals surface area contributed by atoms with Gasteiger partial charge < -0.3 is 24.1 Å².